The summed E-state index contributed by atoms with van der Waals surface area (Å²) < 4.78 is 24.9. The summed E-state index contributed by atoms with van der Waals surface area (Å²) >= 11 is 0. The van der Waals surface area contributed by atoms with Gasteiger partial charge in [-0.05, 0) is 32.9 Å². The minimum Gasteiger partial charge on any atom is -0.478 e. The Morgan fingerprint density at radius 1 is 1.24 bits per heavy atom. The average molecular weight is 349 g/mol. The SMILES string of the molecule is CC(C)(C)OC(=O)N1CCC2(CC1)Oc1cccc(F)c1C(=O)C2=O. The Labute approximate surface area is 144 Å². The predicted molar refractivity (Wildman–Crippen MR) is 86.1 cm³/mol. The van der Waals surface area contributed by atoms with E-state index in [-0.39, 0.29) is 37.2 Å². The second kappa shape index (κ2) is 5.82. The Hall–Kier alpha value is -2.44. The summed E-state index contributed by atoms with van der Waals surface area (Å²) in [4.78, 5) is 38.5. The highest BCUT2D eigenvalue weighted by Gasteiger charge is 2.52. The molecule has 0 aliphatic carbocycles. The van der Waals surface area contributed by atoms with Crippen LogP contribution in [0.2, 0.25) is 0 Å². The van der Waals surface area contributed by atoms with Gasteiger partial charge in [0.15, 0.2) is 5.60 Å². The van der Waals surface area contributed by atoms with Crippen LogP contribution in [-0.4, -0.2) is 46.9 Å². The van der Waals surface area contributed by atoms with Crippen molar-refractivity contribution in [2.45, 2.75) is 44.8 Å². The lowest BCUT2D eigenvalue weighted by atomic mass is 9.81. The molecule has 0 bridgehead atoms. The summed E-state index contributed by atoms with van der Waals surface area (Å²) in [5.41, 5.74) is -2.26. The Bertz CT molecular complexity index is 744. The molecule has 0 atom stereocenters. The van der Waals surface area contributed by atoms with Crippen LogP contribution in [0.1, 0.15) is 44.0 Å². The number of hydrogen-bond donors (Lipinski definition) is 0. The number of amides is 1. The fraction of sp³-hybridized carbons (Fsp3) is 0.500. The van der Waals surface area contributed by atoms with Gasteiger partial charge in [-0.3, -0.25) is 9.59 Å². The van der Waals surface area contributed by atoms with Gasteiger partial charge in [-0.2, -0.15) is 0 Å². The summed E-state index contributed by atoms with van der Waals surface area (Å²) in [6.07, 6.45) is -0.150. The minimum absolute atomic E-state index is 0.0790. The van der Waals surface area contributed by atoms with Gasteiger partial charge >= 0.3 is 6.09 Å². The zero-order valence-electron chi connectivity index (χ0n) is 14.4. The van der Waals surface area contributed by atoms with Crippen LogP contribution in [0.3, 0.4) is 0 Å². The summed E-state index contributed by atoms with van der Waals surface area (Å²) in [7, 11) is 0. The Morgan fingerprint density at radius 3 is 2.48 bits per heavy atom. The number of fused-ring (bicyclic) bond motifs is 1. The molecule has 0 N–H and O–H groups in total. The quantitative estimate of drug-likeness (QED) is 0.674. The number of halogens is 1. The van der Waals surface area contributed by atoms with E-state index < -0.39 is 34.7 Å². The number of nitrogens with zero attached hydrogens (tertiary/aromatic N) is 1. The third-order valence-corrected chi connectivity index (χ3v) is 4.35. The fourth-order valence-corrected chi connectivity index (χ4v) is 3.09. The Balaban J connectivity index is 1.78. The third-order valence-electron chi connectivity index (χ3n) is 4.35. The number of likely N-dealkylation sites (tertiary alicyclic amines) is 1. The van der Waals surface area contributed by atoms with Crippen LogP contribution in [-0.2, 0) is 9.53 Å². The highest BCUT2D eigenvalue weighted by molar-refractivity contribution is 6.47. The van der Waals surface area contributed by atoms with Crippen molar-refractivity contribution in [2.24, 2.45) is 0 Å². The first kappa shape index (κ1) is 17.4. The number of ether oxygens (including phenoxy) is 2. The van der Waals surface area contributed by atoms with Gasteiger partial charge in [0, 0.05) is 25.9 Å². The molecular formula is C18H20FNO5. The molecule has 1 spiro atoms. The van der Waals surface area contributed by atoms with E-state index in [0.717, 1.165) is 6.07 Å². The molecule has 2 aliphatic heterocycles. The van der Waals surface area contributed by atoms with E-state index in [1.807, 2.05) is 0 Å². The monoisotopic (exact) mass is 349 g/mol. The zero-order valence-corrected chi connectivity index (χ0v) is 14.4. The molecule has 0 aromatic heterocycles. The van der Waals surface area contributed by atoms with Gasteiger partial charge < -0.3 is 14.4 Å². The second-order valence-corrected chi connectivity index (χ2v) is 7.33. The lowest BCUT2D eigenvalue weighted by Gasteiger charge is -2.42. The van der Waals surface area contributed by atoms with E-state index in [0.29, 0.717) is 0 Å². The van der Waals surface area contributed by atoms with Crippen molar-refractivity contribution in [3.63, 3.8) is 0 Å². The maximum Gasteiger partial charge on any atom is 0.410 e. The fourth-order valence-electron chi connectivity index (χ4n) is 3.09. The molecule has 0 radical (unpaired) electrons. The normalized spacial score (nSPS) is 19.4. The highest BCUT2D eigenvalue weighted by Crippen LogP contribution is 2.38. The molecule has 25 heavy (non-hydrogen) atoms. The summed E-state index contributed by atoms with van der Waals surface area (Å²) in [6, 6.07) is 4.03. The highest BCUT2D eigenvalue weighted by atomic mass is 19.1. The third kappa shape index (κ3) is 3.10. The van der Waals surface area contributed by atoms with Gasteiger partial charge in [-0.25, -0.2) is 9.18 Å². The van der Waals surface area contributed by atoms with Gasteiger partial charge in [-0.15, -0.1) is 0 Å². The predicted octanol–water partition coefficient (Wildman–Crippen LogP) is 2.74. The van der Waals surface area contributed by atoms with Gasteiger partial charge in [0.2, 0.25) is 11.6 Å². The number of rotatable bonds is 0. The first-order valence-corrected chi connectivity index (χ1v) is 8.18. The van der Waals surface area contributed by atoms with E-state index in [9.17, 15) is 18.8 Å². The van der Waals surface area contributed by atoms with Gasteiger partial charge in [0.05, 0.1) is 0 Å². The number of ketones is 2. The van der Waals surface area contributed by atoms with Crippen LogP contribution in [0.15, 0.2) is 18.2 Å². The van der Waals surface area contributed by atoms with Crippen molar-refractivity contribution in [2.75, 3.05) is 13.1 Å². The lowest BCUT2D eigenvalue weighted by Crippen LogP contribution is -2.58. The van der Waals surface area contributed by atoms with Crippen molar-refractivity contribution >= 4 is 17.7 Å². The maximum absolute atomic E-state index is 13.9. The van der Waals surface area contributed by atoms with Crippen LogP contribution < -0.4 is 4.74 Å². The molecular weight excluding hydrogens is 329 g/mol. The molecule has 3 rings (SSSR count). The van der Waals surface area contributed by atoms with Crippen LogP contribution in [0, 0.1) is 5.82 Å². The zero-order chi connectivity index (χ0) is 18.4. The maximum atomic E-state index is 13.9. The molecule has 1 saturated heterocycles. The molecule has 7 heteroatoms. The average Bonchev–Trinajstić information content (AvgIpc) is 2.52. The number of Topliss-reactive ketones (excluding diaryl/α,β-unsaturated/α-hetero) is 2. The number of hydrogen-bond acceptors (Lipinski definition) is 5. The first-order valence-electron chi connectivity index (χ1n) is 8.18. The molecule has 1 fully saturated rings. The van der Waals surface area contributed by atoms with E-state index in [1.165, 1.54) is 17.0 Å². The van der Waals surface area contributed by atoms with Crippen LogP contribution in [0.25, 0.3) is 0 Å². The minimum atomic E-state index is -1.34. The van der Waals surface area contributed by atoms with Crippen LogP contribution in [0.4, 0.5) is 9.18 Å². The number of carbonyl (C=O) groups is 3. The van der Waals surface area contributed by atoms with E-state index in [2.05, 4.69) is 0 Å². The number of carbonyl (C=O) groups excluding carboxylic acids is 3. The van der Waals surface area contributed by atoms with Crippen molar-refractivity contribution in [1.29, 1.82) is 0 Å². The smallest absolute Gasteiger partial charge is 0.410 e. The molecule has 1 aromatic rings. The Kier molecular flexibility index (Phi) is 4.05. The van der Waals surface area contributed by atoms with E-state index >= 15 is 0 Å². The van der Waals surface area contributed by atoms with Crippen LogP contribution in [0.5, 0.6) is 5.75 Å². The van der Waals surface area contributed by atoms with Gasteiger partial charge in [-0.1, -0.05) is 6.07 Å². The van der Waals surface area contributed by atoms with E-state index in [1.54, 1.807) is 20.8 Å². The Morgan fingerprint density at radius 2 is 1.88 bits per heavy atom. The summed E-state index contributed by atoms with van der Waals surface area (Å²) in [5.74, 6) is -2.31. The van der Waals surface area contributed by atoms with E-state index in [4.69, 9.17) is 9.47 Å². The second-order valence-electron chi connectivity index (χ2n) is 7.33. The molecule has 1 amide bonds. The number of benzene rings is 1. The first-order chi connectivity index (χ1) is 11.6. The van der Waals surface area contributed by atoms with Crippen molar-refractivity contribution in [1.82, 2.24) is 4.90 Å². The summed E-state index contributed by atoms with van der Waals surface area (Å²) in [5, 5.41) is 0. The van der Waals surface area contributed by atoms with Gasteiger partial charge in [0.1, 0.15) is 22.7 Å². The molecule has 2 heterocycles. The molecule has 0 unspecified atom stereocenters. The largest absolute Gasteiger partial charge is 0.478 e. The lowest BCUT2D eigenvalue weighted by molar-refractivity contribution is -0.135. The standard InChI is InChI=1S/C18H20FNO5/c1-17(2,3)25-16(23)20-9-7-18(8-10-20)15(22)14(21)13-11(19)5-4-6-12(13)24-18/h4-6H,7-10H2,1-3H3. The summed E-state index contributed by atoms with van der Waals surface area (Å²) in [6.45, 7) is 5.76. The number of piperidine rings is 1. The molecule has 0 saturated carbocycles. The molecule has 2 aliphatic rings. The molecule has 1 aromatic carbocycles. The van der Waals surface area contributed by atoms with Crippen molar-refractivity contribution < 1.29 is 28.2 Å². The molecule has 6 nitrogen and oxygen atoms in total. The van der Waals surface area contributed by atoms with Crippen molar-refractivity contribution in [3.05, 3.63) is 29.6 Å². The van der Waals surface area contributed by atoms with Crippen molar-refractivity contribution in [3.8, 4) is 5.75 Å². The van der Waals surface area contributed by atoms with Crippen LogP contribution >= 0.6 is 0 Å². The molecule has 134 valence electrons. The van der Waals surface area contributed by atoms with Gasteiger partial charge in [0.25, 0.3) is 0 Å². The topological polar surface area (TPSA) is 72.9 Å².